The van der Waals surface area contributed by atoms with Gasteiger partial charge in [0.2, 0.25) is 12.3 Å². The fourth-order valence-corrected chi connectivity index (χ4v) is 1.93. The zero-order valence-electron chi connectivity index (χ0n) is 12.7. The van der Waals surface area contributed by atoms with Gasteiger partial charge in [0.05, 0.1) is 12.3 Å². The third-order valence-corrected chi connectivity index (χ3v) is 3.11. The fraction of sp³-hybridized carbons (Fsp3) is 0.188. The van der Waals surface area contributed by atoms with Gasteiger partial charge in [0.15, 0.2) is 0 Å². The number of carbonyl (C=O) groups excluding carboxylic acids is 1. The van der Waals surface area contributed by atoms with Crippen LogP contribution in [0.3, 0.4) is 0 Å². The maximum atomic E-state index is 10.5. The molecule has 0 aliphatic rings. The number of ether oxygens (including phenoxy) is 2. The molecule has 1 amide bonds. The number of benzene rings is 1. The predicted octanol–water partition coefficient (Wildman–Crippen LogP) is 1.67. The van der Waals surface area contributed by atoms with Crippen LogP contribution in [-0.2, 0) is 9.53 Å². The largest absolute Gasteiger partial charge is 0.475 e. The van der Waals surface area contributed by atoms with Crippen molar-refractivity contribution in [3.63, 3.8) is 0 Å². The van der Waals surface area contributed by atoms with E-state index in [2.05, 4.69) is 10.3 Å². The topological polar surface area (TPSA) is 110 Å². The lowest BCUT2D eigenvalue weighted by molar-refractivity contribution is -0.105. The van der Waals surface area contributed by atoms with E-state index in [0.29, 0.717) is 48.0 Å². The lowest BCUT2D eigenvalue weighted by atomic mass is 10.0. The van der Waals surface area contributed by atoms with E-state index in [1.54, 1.807) is 43.6 Å². The molecule has 0 atom stereocenters. The number of pyridine rings is 1. The highest BCUT2D eigenvalue weighted by Crippen LogP contribution is 2.21. The molecular weight excluding hydrogens is 296 g/mol. The summed E-state index contributed by atoms with van der Waals surface area (Å²) in [5, 5.41) is 10.8. The number of hydrogen-bond acceptors (Lipinski definition) is 6. The summed E-state index contributed by atoms with van der Waals surface area (Å²) in [4.78, 5) is 14.7. The van der Waals surface area contributed by atoms with Crippen LogP contribution in [0.2, 0.25) is 0 Å². The summed E-state index contributed by atoms with van der Waals surface area (Å²) in [6.07, 6.45) is 2.12. The second-order valence-corrected chi connectivity index (χ2v) is 4.67. The first-order chi connectivity index (χ1) is 11.2. The smallest absolute Gasteiger partial charge is 0.213 e. The van der Waals surface area contributed by atoms with E-state index in [4.69, 9.17) is 20.6 Å². The molecule has 0 saturated heterocycles. The van der Waals surface area contributed by atoms with Crippen molar-refractivity contribution in [2.75, 3.05) is 31.4 Å². The Hall–Kier alpha value is -2.93. The zero-order chi connectivity index (χ0) is 16.7. The first-order valence-electron chi connectivity index (χ1n) is 6.92. The number of carbonyl (C=O) groups is 1. The first-order valence-corrected chi connectivity index (χ1v) is 6.92. The molecule has 2 aromatic rings. The van der Waals surface area contributed by atoms with E-state index in [1.807, 2.05) is 0 Å². The van der Waals surface area contributed by atoms with E-state index in [0.717, 1.165) is 0 Å². The highest BCUT2D eigenvalue weighted by molar-refractivity contribution is 6.14. The molecule has 1 aromatic carbocycles. The molecule has 0 aliphatic carbocycles. The van der Waals surface area contributed by atoms with Crippen LogP contribution >= 0.6 is 0 Å². The average Bonchev–Trinajstić information content (AvgIpc) is 2.57. The van der Waals surface area contributed by atoms with Crippen molar-refractivity contribution in [3.8, 4) is 5.88 Å². The SMILES string of the molecule is COCCOc1ccc(C(=N)c2cc(NC=O)ccc2N)cn1. The van der Waals surface area contributed by atoms with Gasteiger partial charge in [-0.1, -0.05) is 0 Å². The lowest BCUT2D eigenvalue weighted by Gasteiger charge is -2.10. The van der Waals surface area contributed by atoms with Gasteiger partial charge in [0.1, 0.15) is 6.61 Å². The summed E-state index contributed by atoms with van der Waals surface area (Å²) in [7, 11) is 1.60. The molecule has 0 fully saturated rings. The van der Waals surface area contributed by atoms with Crippen molar-refractivity contribution in [1.29, 1.82) is 5.41 Å². The number of nitrogens with two attached hydrogens (primary N) is 1. The van der Waals surface area contributed by atoms with Crippen molar-refractivity contribution in [3.05, 3.63) is 47.7 Å². The molecule has 0 radical (unpaired) electrons. The number of nitrogens with one attached hydrogen (secondary N) is 2. The second kappa shape index (κ2) is 7.90. The van der Waals surface area contributed by atoms with Gasteiger partial charge < -0.3 is 20.5 Å². The number of aromatic nitrogens is 1. The molecule has 1 aromatic heterocycles. The van der Waals surface area contributed by atoms with Gasteiger partial charge in [-0.2, -0.15) is 0 Å². The summed E-state index contributed by atoms with van der Waals surface area (Å²) >= 11 is 0. The Morgan fingerprint density at radius 1 is 1.35 bits per heavy atom. The predicted molar refractivity (Wildman–Crippen MR) is 88.1 cm³/mol. The van der Waals surface area contributed by atoms with Crippen molar-refractivity contribution < 1.29 is 14.3 Å². The van der Waals surface area contributed by atoms with Crippen LogP contribution in [0.5, 0.6) is 5.88 Å². The number of hydrogen-bond donors (Lipinski definition) is 3. The minimum Gasteiger partial charge on any atom is -0.475 e. The maximum absolute atomic E-state index is 10.5. The third-order valence-electron chi connectivity index (χ3n) is 3.11. The molecule has 23 heavy (non-hydrogen) atoms. The first kappa shape index (κ1) is 16.4. The van der Waals surface area contributed by atoms with Gasteiger partial charge in [-0.05, 0) is 24.3 Å². The second-order valence-electron chi connectivity index (χ2n) is 4.67. The molecule has 0 unspecified atom stereocenters. The molecule has 0 bridgehead atoms. The standard InChI is InChI=1S/C16H18N4O3/c1-22-6-7-23-15-5-2-11(9-19-15)16(18)13-8-12(20-10-21)3-4-14(13)17/h2-5,8-10,18H,6-7,17H2,1H3,(H,20,21). The quantitative estimate of drug-likeness (QED) is 0.297. The van der Waals surface area contributed by atoms with Crippen LogP contribution in [0.1, 0.15) is 11.1 Å². The van der Waals surface area contributed by atoms with Gasteiger partial charge >= 0.3 is 0 Å². The van der Waals surface area contributed by atoms with Gasteiger partial charge in [-0.3, -0.25) is 10.2 Å². The molecule has 120 valence electrons. The van der Waals surface area contributed by atoms with E-state index >= 15 is 0 Å². The van der Waals surface area contributed by atoms with Crippen molar-refractivity contribution in [1.82, 2.24) is 4.98 Å². The highest BCUT2D eigenvalue weighted by Gasteiger charge is 2.10. The Bertz CT molecular complexity index is 686. The fourth-order valence-electron chi connectivity index (χ4n) is 1.93. The number of methoxy groups -OCH3 is 1. The maximum Gasteiger partial charge on any atom is 0.213 e. The van der Waals surface area contributed by atoms with Crippen LogP contribution in [0.25, 0.3) is 0 Å². The van der Waals surface area contributed by atoms with Crippen LogP contribution in [-0.4, -0.2) is 37.4 Å². The Kier molecular flexibility index (Phi) is 5.65. The molecule has 1 heterocycles. The molecule has 7 nitrogen and oxygen atoms in total. The molecular formula is C16H18N4O3. The Morgan fingerprint density at radius 2 is 2.17 bits per heavy atom. The Labute approximate surface area is 133 Å². The van der Waals surface area contributed by atoms with Crippen molar-refractivity contribution in [2.24, 2.45) is 0 Å². The van der Waals surface area contributed by atoms with Gasteiger partial charge in [0, 0.05) is 41.9 Å². The molecule has 4 N–H and O–H groups in total. The molecule has 0 aliphatic heterocycles. The summed E-state index contributed by atoms with van der Waals surface area (Å²) in [5.74, 6) is 0.461. The average molecular weight is 314 g/mol. The minimum absolute atomic E-state index is 0.216. The van der Waals surface area contributed by atoms with Gasteiger partial charge in [0.25, 0.3) is 0 Å². The molecule has 0 saturated carbocycles. The van der Waals surface area contributed by atoms with Crippen LogP contribution in [0.15, 0.2) is 36.5 Å². The normalized spacial score (nSPS) is 10.1. The van der Waals surface area contributed by atoms with Crippen molar-refractivity contribution in [2.45, 2.75) is 0 Å². The van der Waals surface area contributed by atoms with E-state index in [1.165, 1.54) is 0 Å². The number of rotatable bonds is 8. The van der Waals surface area contributed by atoms with E-state index < -0.39 is 0 Å². The van der Waals surface area contributed by atoms with E-state index in [-0.39, 0.29) is 5.71 Å². The monoisotopic (exact) mass is 314 g/mol. The molecule has 0 spiro atoms. The summed E-state index contributed by atoms with van der Waals surface area (Å²) in [6.45, 7) is 0.888. The van der Waals surface area contributed by atoms with Gasteiger partial charge in [-0.15, -0.1) is 0 Å². The van der Waals surface area contributed by atoms with Gasteiger partial charge in [-0.25, -0.2) is 4.98 Å². The Morgan fingerprint density at radius 3 is 2.83 bits per heavy atom. The van der Waals surface area contributed by atoms with Crippen molar-refractivity contribution >= 4 is 23.5 Å². The number of nitrogens with zero attached hydrogens (tertiary/aromatic N) is 1. The number of amides is 1. The van der Waals surface area contributed by atoms with Crippen LogP contribution < -0.4 is 15.8 Å². The van der Waals surface area contributed by atoms with Crippen LogP contribution in [0.4, 0.5) is 11.4 Å². The van der Waals surface area contributed by atoms with E-state index in [9.17, 15) is 4.79 Å². The molecule has 7 heteroatoms. The lowest BCUT2D eigenvalue weighted by Crippen LogP contribution is -2.08. The summed E-state index contributed by atoms with van der Waals surface area (Å²) in [6, 6.07) is 8.38. The number of nitrogen functional groups attached to an aromatic ring is 1. The number of anilines is 2. The minimum atomic E-state index is 0.216. The molecule has 2 rings (SSSR count). The third kappa shape index (κ3) is 4.27. The highest BCUT2D eigenvalue weighted by atomic mass is 16.5. The summed E-state index contributed by atoms with van der Waals surface area (Å²) < 4.78 is 10.3. The summed E-state index contributed by atoms with van der Waals surface area (Å²) in [5.41, 5.74) is 8.27. The van der Waals surface area contributed by atoms with Crippen LogP contribution in [0, 0.1) is 5.41 Å². The zero-order valence-corrected chi connectivity index (χ0v) is 12.7. The Balaban J connectivity index is 2.16.